The summed E-state index contributed by atoms with van der Waals surface area (Å²) in [7, 11) is 0. The van der Waals surface area contributed by atoms with Gasteiger partial charge < -0.3 is 14.5 Å². The third-order valence-electron chi connectivity index (χ3n) is 5.32. The summed E-state index contributed by atoms with van der Waals surface area (Å²) in [6.07, 6.45) is 1.63. The monoisotopic (exact) mass is 553 g/mol. The molecule has 2 heterocycles. The Labute approximate surface area is 213 Å². The number of hydrogen-bond acceptors (Lipinski definition) is 4. The molecule has 0 aliphatic rings. The first-order valence-corrected chi connectivity index (χ1v) is 11.8. The standard InChI is InChI=1S/C26H18BrClFN3O3/c27-21-14-32(13-20-22(28)6-3-7-23(20)29)31-25(21)30-26(33)24-11-10-19(35-24)15-34-18-9-8-16-4-1-2-5-17(16)12-18/h1-12,14H,13,15H2,(H,30,31,33). The number of carbonyl (C=O) groups excluding carboxylic acids is 1. The zero-order valence-corrected chi connectivity index (χ0v) is 20.5. The number of ether oxygens (including phenoxy) is 1. The molecule has 0 spiro atoms. The molecule has 1 amide bonds. The summed E-state index contributed by atoms with van der Waals surface area (Å²) in [5, 5.41) is 9.50. The van der Waals surface area contributed by atoms with E-state index < -0.39 is 11.7 Å². The minimum Gasteiger partial charge on any atom is -0.486 e. The predicted molar refractivity (Wildman–Crippen MR) is 135 cm³/mol. The number of rotatable bonds is 7. The van der Waals surface area contributed by atoms with Gasteiger partial charge in [-0.05, 0) is 63.1 Å². The van der Waals surface area contributed by atoms with Crippen LogP contribution in [-0.2, 0) is 13.2 Å². The zero-order chi connectivity index (χ0) is 24.4. The van der Waals surface area contributed by atoms with E-state index in [1.165, 1.54) is 16.8 Å². The van der Waals surface area contributed by atoms with Crippen LogP contribution in [0.15, 0.2) is 87.9 Å². The quantitative estimate of drug-likeness (QED) is 0.234. The lowest BCUT2D eigenvalue weighted by molar-refractivity contribution is 0.0992. The van der Waals surface area contributed by atoms with Gasteiger partial charge in [0, 0.05) is 16.8 Å². The first kappa shape index (κ1) is 23.1. The second-order valence-corrected chi connectivity index (χ2v) is 9.00. The molecule has 0 bridgehead atoms. The minimum absolute atomic E-state index is 0.108. The lowest BCUT2D eigenvalue weighted by Gasteiger charge is -2.06. The molecular weight excluding hydrogens is 537 g/mol. The summed E-state index contributed by atoms with van der Waals surface area (Å²) in [5.74, 6) is 0.687. The van der Waals surface area contributed by atoms with Gasteiger partial charge in [-0.2, -0.15) is 5.10 Å². The molecule has 0 atom stereocenters. The highest BCUT2D eigenvalue weighted by atomic mass is 79.9. The van der Waals surface area contributed by atoms with Gasteiger partial charge in [-0.15, -0.1) is 0 Å². The number of furan rings is 1. The molecule has 0 radical (unpaired) electrons. The number of nitrogens with zero attached hydrogens (tertiary/aromatic N) is 2. The first-order chi connectivity index (χ1) is 17.0. The molecule has 1 N–H and O–H groups in total. The van der Waals surface area contributed by atoms with Crippen molar-refractivity contribution in [1.82, 2.24) is 9.78 Å². The van der Waals surface area contributed by atoms with Crippen LogP contribution >= 0.6 is 27.5 Å². The zero-order valence-electron chi connectivity index (χ0n) is 18.2. The Hall–Kier alpha value is -3.62. The Morgan fingerprint density at radius 3 is 2.74 bits per heavy atom. The maximum Gasteiger partial charge on any atom is 0.292 e. The third-order valence-corrected chi connectivity index (χ3v) is 6.25. The van der Waals surface area contributed by atoms with Crippen LogP contribution in [0, 0.1) is 5.82 Å². The molecule has 35 heavy (non-hydrogen) atoms. The third kappa shape index (κ3) is 5.23. The van der Waals surface area contributed by atoms with Crippen LogP contribution in [0.5, 0.6) is 5.75 Å². The molecule has 0 aliphatic carbocycles. The van der Waals surface area contributed by atoms with E-state index in [1.807, 2.05) is 42.5 Å². The van der Waals surface area contributed by atoms with E-state index in [9.17, 15) is 9.18 Å². The van der Waals surface area contributed by atoms with E-state index in [0.29, 0.717) is 26.6 Å². The molecule has 5 rings (SSSR count). The lowest BCUT2D eigenvalue weighted by Crippen LogP contribution is -2.12. The summed E-state index contributed by atoms with van der Waals surface area (Å²) in [6, 6.07) is 21.6. The number of aromatic nitrogens is 2. The largest absolute Gasteiger partial charge is 0.486 e. The Morgan fingerprint density at radius 2 is 1.91 bits per heavy atom. The summed E-state index contributed by atoms with van der Waals surface area (Å²) < 4.78 is 27.6. The summed E-state index contributed by atoms with van der Waals surface area (Å²) in [6.45, 7) is 0.282. The van der Waals surface area contributed by atoms with Gasteiger partial charge in [0.05, 0.1) is 11.0 Å². The van der Waals surface area contributed by atoms with Crippen molar-refractivity contribution in [2.75, 3.05) is 5.32 Å². The molecular formula is C26H18BrClFN3O3. The van der Waals surface area contributed by atoms with E-state index in [-0.39, 0.29) is 24.7 Å². The molecule has 9 heteroatoms. The molecule has 3 aromatic carbocycles. The van der Waals surface area contributed by atoms with Gasteiger partial charge >= 0.3 is 0 Å². The van der Waals surface area contributed by atoms with Gasteiger partial charge in [0.25, 0.3) is 5.91 Å². The van der Waals surface area contributed by atoms with Crippen molar-refractivity contribution in [3.05, 3.63) is 111 Å². The molecule has 0 unspecified atom stereocenters. The molecule has 0 saturated carbocycles. The van der Waals surface area contributed by atoms with Crippen molar-refractivity contribution in [2.24, 2.45) is 0 Å². The van der Waals surface area contributed by atoms with Crippen molar-refractivity contribution in [1.29, 1.82) is 0 Å². The van der Waals surface area contributed by atoms with Crippen LogP contribution in [0.2, 0.25) is 5.02 Å². The summed E-state index contributed by atoms with van der Waals surface area (Å²) >= 11 is 9.46. The summed E-state index contributed by atoms with van der Waals surface area (Å²) in [5.41, 5.74) is 0.309. The molecule has 0 aliphatic heterocycles. The van der Waals surface area contributed by atoms with E-state index in [0.717, 1.165) is 10.8 Å². The van der Waals surface area contributed by atoms with Gasteiger partial charge in [0.2, 0.25) is 0 Å². The number of amides is 1. The van der Waals surface area contributed by atoms with E-state index in [4.69, 9.17) is 20.8 Å². The van der Waals surface area contributed by atoms with E-state index in [1.54, 1.807) is 24.4 Å². The number of halogens is 3. The fourth-order valence-electron chi connectivity index (χ4n) is 3.57. The average molecular weight is 555 g/mol. The van der Waals surface area contributed by atoms with Crippen LogP contribution in [0.4, 0.5) is 10.2 Å². The van der Waals surface area contributed by atoms with Gasteiger partial charge in [-0.1, -0.05) is 48.0 Å². The maximum atomic E-state index is 14.1. The Morgan fingerprint density at radius 1 is 1.09 bits per heavy atom. The molecule has 6 nitrogen and oxygen atoms in total. The highest BCUT2D eigenvalue weighted by molar-refractivity contribution is 9.10. The van der Waals surface area contributed by atoms with Crippen molar-refractivity contribution < 1.29 is 18.3 Å². The van der Waals surface area contributed by atoms with Crippen molar-refractivity contribution >= 4 is 50.0 Å². The Kier molecular flexibility index (Phi) is 6.57. The minimum atomic E-state index is -0.475. The predicted octanol–water partition coefficient (Wildman–Crippen LogP) is 7.06. The van der Waals surface area contributed by atoms with Gasteiger partial charge in [-0.3, -0.25) is 9.48 Å². The van der Waals surface area contributed by atoms with Crippen molar-refractivity contribution in [3.8, 4) is 5.75 Å². The van der Waals surface area contributed by atoms with Gasteiger partial charge in [0.15, 0.2) is 11.6 Å². The number of carbonyl (C=O) groups is 1. The SMILES string of the molecule is O=C(Nc1nn(Cc2c(F)cccc2Cl)cc1Br)c1ccc(COc2ccc3ccccc3c2)o1. The molecule has 176 valence electrons. The number of anilines is 1. The van der Waals surface area contributed by atoms with Crippen LogP contribution in [0.1, 0.15) is 21.9 Å². The fraction of sp³-hybridized carbons (Fsp3) is 0.0769. The normalized spacial score (nSPS) is 11.1. The Bertz CT molecular complexity index is 1510. The first-order valence-electron chi connectivity index (χ1n) is 10.6. The second kappa shape index (κ2) is 9.93. The van der Waals surface area contributed by atoms with Gasteiger partial charge in [-0.25, -0.2) is 4.39 Å². The highest BCUT2D eigenvalue weighted by Crippen LogP contribution is 2.25. The summed E-state index contributed by atoms with van der Waals surface area (Å²) in [4.78, 5) is 12.7. The van der Waals surface area contributed by atoms with Crippen molar-refractivity contribution in [2.45, 2.75) is 13.2 Å². The highest BCUT2D eigenvalue weighted by Gasteiger charge is 2.17. The molecule has 2 aromatic heterocycles. The number of nitrogens with one attached hydrogen (secondary N) is 1. The van der Waals surface area contributed by atoms with E-state index >= 15 is 0 Å². The van der Waals surface area contributed by atoms with Crippen LogP contribution in [0.3, 0.4) is 0 Å². The van der Waals surface area contributed by atoms with Crippen LogP contribution in [-0.4, -0.2) is 15.7 Å². The van der Waals surface area contributed by atoms with E-state index in [2.05, 4.69) is 26.3 Å². The smallest absolute Gasteiger partial charge is 0.292 e. The lowest BCUT2D eigenvalue weighted by atomic mass is 10.1. The molecule has 5 aromatic rings. The number of fused-ring (bicyclic) bond motifs is 1. The Balaban J connectivity index is 1.22. The molecule has 0 saturated heterocycles. The van der Waals surface area contributed by atoms with Crippen LogP contribution in [0.25, 0.3) is 10.8 Å². The van der Waals surface area contributed by atoms with Crippen molar-refractivity contribution in [3.63, 3.8) is 0 Å². The number of hydrogen-bond donors (Lipinski definition) is 1. The number of benzene rings is 3. The topological polar surface area (TPSA) is 69.3 Å². The fourth-order valence-corrected chi connectivity index (χ4v) is 4.20. The second-order valence-electron chi connectivity index (χ2n) is 7.74. The van der Waals surface area contributed by atoms with Gasteiger partial charge in [0.1, 0.15) is 23.9 Å². The average Bonchev–Trinajstić information content (AvgIpc) is 3.46. The maximum absolute atomic E-state index is 14.1. The van der Waals surface area contributed by atoms with Crippen LogP contribution < -0.4 is 10.1 Å². The molecule has 0 fully saturated rings.